The minimum absolute atomic E-state index is 0.144. The van der Waals surface area contributed by atoms with Crippen LogP contribution in [0.3, 0.4) is 0 Å². The number of carbonyl (C=O) groups excluding carboxylic acids is 1. The Bertz CT molecular complexity index is 282. The number of rotatable bonds is 6. The molecule has 3 N–H and O–H groups in total. The van der Waals surface area contributed by atoms with Gasteiger partial charge in [0, 0.05) is 30.4 Å². The molecule has 1 amide bonds. The highest BCUT2D eigenvalue weighted by atomic mass is 32.2. The monoisotopic (exact) mass is 287 g/mol. The van der Waals surface area contributed by atoms with E-state index in [4.69, 9.17) is 5.73 Å². The summed E-state index contributed by atoms with van der Waals surface area (Å²) in [5, 5.41) is 3.06. The van der Waals surface area contributed by atoms with E-state index in [0.29, 0.717) is 12.5 Å². The smallest absolute Gasteiger partial charge is 0.234 e. The van der Waals surface area contributed by atoms with Gasteiger partial charge in [-0.25, -0.2) is 0 Å². The molecule has 1 heterocycles. The summed E-state index contributed by atoms with van der Waals surface area (Å²) < 4.78 is 0.234. The Morgan fingerprint density at radius 3 is 2.37 bits per heavy atom. The van der Waals surface area contributed by atoms with Crippen molar-refractivity contribution < 1.29 is 4.79 Å². The third-order valence-electron chi connectivity index (χ3n) is 4.33. The van der Waals surface area contributed by atoms with Gasteiger partial charge in [0.15, 0.2) is 0 Å². The van der Waals surface area contributed by atoms with Gasteiger partial charge in [0.25, 0.3) is 0 Å². The van der Waals surface area contributed by atoms with Crippen LogP contribution in [-0.4, -0.2) is 54.0 Å². The topological polar surface area (TPSA) is 58.4 Å². The van der Waals surface area contributed by atoms with E-state index < -0.39 is 0 Å². The van der Waals surface area contributed by atoms with Crippen LogP contribution in [0.25, 0.3) is 0 Å². The molecule has 1 aliphatic rings. The van der Waals surface area contributed by atoms with E-state index >= 15 is 0 Å². The molecule has 112 valence electrons. The Morgan fingerprint density at radius 1 is 1.37 bits per heavy atom. The molecule has 5 heteroatoms. The van der Waals surface area contributed by atoms with E-state index in [0.717, 1.165) is 32.5 Å². The van der Waals surface area contributed by atoms with Crippen molar-refractivity contribution in [2.45, 2.75) is 44.4 Å². The lowest BCUT2D eigenvalue weighted by Crippen LogP contribution is -2.50. The molecule has 1 fully saturated rings. The normalized spacial score (nSPS) is 21.4. The molecule has 0 aromatic carbocycles. The SMILES string of the molecule is CSC1(CN)CCN(CC(=O)NC(C)C(C)C)CC1. The van der Waals surface area contributed by atoms with Crippen LogP contribution in [0.5, 0.6) is 0 Å². The number of nitrogens with one attached hydrogen (secondary N) is 1. The van der Waals surface area contributed by atoms with Crippen LogP contribution < -0.4 is 11.1 Å². The van der Waals surface area contributed by atoms with Crippen molar-refractivity contribution in [3.05, 3.63) is 0 Å². The van der Waals surface area contributed by atoms with E-state index in [1.165, 1.54) is 0 Å². The van der Waals surface area contributed by atoms with Crippen LogP contribution in [0.15, 0.2) is 0 Å². The molecule has 0 spiro atoms. The lowest BCUT2D eigenvalue weighted by molar-refractivity contribution is -0.123. The summed E-state index contributed by atoms with van der Waals surface area (Å²) in [7, 11) is 0. The number of amides is 1. The molecule has 0 bridgehead atoms. The summed E-state index contributed by atoms with van der Waals surface area (Å²) in [6.45, 7) is 9.51. The van der Waals surface area contributed by atoms with Crippen molar-refractivity contribution in [1.29, 1.82) is 0 Å². The maximum atomic E-state index is 11.9. The Kier molecular flexibility index (Phi) is 6.63. The number of likely N-dealkylation sites (tertiary alicyclic amines) is 1. The molecule has 1 saturated heterocycles. The third-order valence-corrected chi connectivity index (χ3v) is 5.77. The fourth-order valence-corrected chi connectivity index (χ4v) is 3.04. The van der Waals surface area contributed by atoms with Gasteiger partial charge >= 0.3 is 0 Å². The first-order valence-electron chi connectivity index (χ1n) is 7.19. The Labute approximate surface area is 121 Å². The molecule has 0 aliphatic carbocycles. The molecule has 19 heavy (non-hydrogen) atoms. The second-order valence-electron chi connectivity index (χ2n) is 5.97. The second kappa shape index (κ2) is 7.50. The van der Waals surface area contributed by atoms with E-state index in [1.54, 1.807) is 0 Å². The average molecular weight is 287 g/mol. The molecule has 0 saturated carbocycles. The summed E-state index contributed by atoms with van der Waals surface area (Å²) >= 11 is 1.88. The summed E-state index contributed by atoms with van der Waals surface area (Å²) in [5.41, 5.74) is 5.88. The molecule has 1 aliphatic heterocycles. The van der Waals surface area contributed by atoms with Gasteiger partial charge in [-0.2, -0.15) is 11.8 Å². The molecule has 0 radical (unpaired) electrons. The highest BCUT2D eigenvalue weighted by Crippen LogP contribution is 2.33. The minimum atomic E-state index is 0.144. The summed E-state index contributed by atoms with van der Waals surface area (Å²) in [6, 6.07) is 0.242. The summed E-state index contributed by atoms with van der Waals surface area (Å²) in [5.74, 6) is 0.622. The van der Waals surface area contributed by atoms with Gasteiger partial charge in [0.1, 0.15) is 0 Å². The number of thioether (sulfide) groups is 1. The summed E-state index contributed by atoms with van der Waals surface area (Å²) in [4.78, 5) is 14.2. The van der Waals surface area contributed by atoms with Crippen LogP contribution in [0, 0.1) is 5.92 Å². The predicted molar refractivity (Wildman–Crippen MR) is 83.4 cm³/mol. The van der Waals surface area contributed by atoms with Crippen molar-refractivity contribution in [3.8, 4) is 0 Å². The van der Waals surface area contributed by atoms with Crippen LogP contribution in [0.1, 0.15) is 33.6 Å². The predicted octanol–water partition coefficient (Wildman–Crippen LogP) is 1.30. The molecule has 1 atom stereocenters. The zero-order valence-corrected chi connectivity index (χ0v) is 13.6. The maximum Gasteiger partial charge on any atom is 0.234 e. The lowest BCUT2D eigenvalue weighted by atomic mass is 9.96. The minimum Gasteiger partial charge on any atom is -0.352 e. The van der Waals surface area contributed by atoms with Crippen LogP contribution in [0.4, 0.5) is 0 Å². The van der Waals surface area contributed by atoms with Crippen LogP contribution >= 0.6 is 11.8 Å². The van der Waals surface area contributed by atoms with Crippen molar-refractivity contribution >= 4 is 17.7 Å². The Morgan fingerprint density at radius 2 is 1.95 bits per heavy atom. The van der Waals surface area contributed by atoms with Gasteiger partial charge in [0.05, 0.1) is 6.54 Å². The molecular formula is C14H29N3OS. The second-order valence-corrected chi connectivity index (χ2v) is 7.24. The van der Waals surface area contributed by atoms with Gasteiger partial charge in [0.2, 0.25) is 5.91 Å². The number of nitrogens with two attached hydrogens (primary N) is 1. The number of piperidine rings is 1. The molecule has 1 rings (SSSR count). The standard InChI is InChI=1S/C14H29N3OS/c1-11(2)12(3)16-13(18)9-17-7-5-14(10-15,19-4)6-8-17/h11-12H,5-10,15H2,1-4H3,(H,16,18). The highest BCUT2D eigenvalue weighted by Gasteiger charge is 2.33. The van der Waals surface area contributed by atoms with E-state index in [1.807, 2.05) is 11.8 Å². The Hall–Kier alpha value is -0.260. The van der Waals surface area contributed by atoms with E-state index in [-0.39, 0.29) is 16.7 Å². The molecule has 1 unspecified atom stereocenters. The number of carbonyl (C=O) groups is 1. The number of nitrogens with zero attached hydrogens (tertiary/aromatic N) is 1. The maximum absolute atomic E-state index is 11.9. The quantitative estimate of drug-likeness (QED) is 0.773. The van der Waals surface area contributed by atoms with E-state index in [2.05, 4.69) is 37.2 Å². The highest BCUT2D eigenvalue weighted by molar-refractivity contribution is 8.00. The molecule has 4 nitrogen and oxygen atoms in total. The summed E-state index contributed by atoms with van der Waals surface area (Å²) in [6.07, 6.45) is 4.30. The zero-order valence-electron chi connectivity index (χ0n) is 12.7. The Balaban J connectivity index is 2.35. The van der Waals surface area contributed by atoms with Gasteiger partial charge in [-0.3, -0.25) is 9.69 Å². The number of hydrogen-bond acceptors (Lipinski definition) is 4. The van der Waals surface area contributed by atoms with Gasteiger partial charge in [-0.05, 0) is 31.9 Å². The molecule has 0 aromatic heterocycles. The first kappa shape index (κ1) is 16.8. The van der Waals surface area contributed by atoms with Crippen LogP contribution in [-0.2, 0) is 4.79 Å². The zero-order chi connectivity index (χ0) is 14.5. The van der Waals surface area contributed by atoms with Crippen molar-refractivity contribution in [1.82, 2.24) is 10.2 Å². The molecule has 0 aromatic rings. The lowest BCUT2D eigenvalue weighted by Gasteiger charge is -2.39. The first-order chi connectivity index (χ1) is 8.92. The largest absolute Gasteiger partial charge is 0.352 e. The van der Waals surface area contributed by atoms with E-state index in [9.17, 15) is 4.79 Å². The van der Waals surface area contributed by atoms with Crippen molar-refractivity contribution in [2.24, 2.45) is 11.7 Å². The van der Waals surface area contributed by atoms with Crippen LogP contribution in [0.2, 0.25) is 0 Å². The first-order valence-corrected chi connectivity index (χ1v) is 8.42. The average Bonchev–Trinajstić information content (AvgIpc) is 2.39. The molecular weight excluding hydrogens is 258 g/mol. The van der Waals surface area contributed by atoms with Crippen molar-refractivity contribution in [2.75, 3.05) is 32.4 Å². The van der Waals surface area contributed by atoms with Gasteiger partial charge in [-0.1, -0.05) is 13.8 Å². The third kappa shape index (κ3) is 4.97. The van der Waals surface area contributed by atoms with Gasteiger partial charge < -0.3 is 11.1 Å². The van der Waals surface area contributed by atoms with Crippen molar-refractivity contribution in [3.63, 3.8) is 0 Å². The number of hydrogen-bond donors (Lipinski definition) is 2. The fourth-order valence-electron chi connectivity index (χ4n) is 2.28. The van der Waals surface area contributed by atoms with Gasteiger partial charge in [-0.15, -0.1) is 0 Å². The fraction of sp³-hybridized carbons (Fsp3) is 0.929.